The Morgan fingerprint density at radius 2 is 1.88 bits per heavy atom. The average molecular weight is 336 g/mol. The van der Waals surface area contributed by atoms with E-state index in [1.54, 1.807) is 6.07 Å². The molecule has 128 valence electrons. The molecule has 2 aromatic carbocycles. The smallest absolute Gasteiger partial charge is 0.323 e. The number of hydrogen-bond donors (Lipinski definition) is 5. The lowest BCUT2D eigenvalue weighted by Crippen LogP contribution is -2.29. The largest absolute Gasteiger partial charge is 0.370 e. The number of hydrogen-bond acceptors (Lipinski definition) is 2. The zero-order valence-electron chi connectivity index (χ0n) is 13.8. The van der Waals surface area contributed by atoms with Crippen molar-refractivity contribution < 1.29 is 4.79 Å². The number of nitrogens with zero attached hydrogens (tertiary/aromatic N) is 1. The molecule has 7 heteroatoms. The summed E-state index contributed by atoms with van der Waals surface area (Å²) in [6.45, 7) is 0.428. The van der Waals surface area contributed by atoms with Gasteiger partial charge in [0.05, 0.1) is 0 Å². The maximum absolute atomic E-state index is 12.2. The van der Waals surface area contributed by atoms with Gasteiger partial charge in [-0.1, -0.05) is 12.1 Å². The third-order valence-electron chi connectivity index (χ3n) is 3.81. The molecule has 0 bridgehead atoms. The lowest BCUT2D eigenvalue weighted by atomic mass is 10.2. The van der Waals surface area contributed by atoms with Crippen LogP contribution >= 0.6 is 0 Å². The molecule has 3 aromatic rings. The Morgan fingerprint density at radius 1 is 1.12 bits per heavy atom. The van der Waals surface area contributed by atoms with Gasteiger partial charge < -0.3 is 26.3 Å². The summed E-state index contributed by atoms with van der Waals surface area (Å²) in [4.78, 5) is 12.2. The Labute approximate surface area is 145 Å². The van der Waals surface area contributed by atoms with Crippen molar-refractivity contribution >= 4 is 34.3 Å². The van der Waals surface area contributed by atoms with Crippen LogP contribution < -0.4 is 21.7 Å². The maximum atomic E-state index is 12.2. The number of aromatic nitrogens is 1. The number of guanidine groups is 1. The van der Waals surface area contributed by atoms with Crippen molar-refractivity contribution in [1.82, 2.24) is 9.88 Å². The molecule has 7 nitrogen and oxygen atoms in total. The van der Waals surface area contributed by atoms with Crippen LogP contribution in [0, 0.1) is 5.41 Å². The lowest BCUT2D eigenvalue weighted by molar-refractivity contribution is 0.262. The van der Waals surface area contributed by atoms with Crippen molar-refractivity contribution in [2.24, 2.45) is 12.8 Å². The summed E-state index contributed by atoms with van der Waals surface area (Å²) in [5, 5.41) is 16.6. The predicted octanol–water partition coefficient (Wildman–Crippen LogP) is 2.81. The third kappa shape index (κ3) is 4.08. The minimum Gasteiger partial charge on any atom is -0.370 e. The summed E-state index contributed by atoms with van der Waals surface area (Å²) in [7, 11) is 1.98. The molecule has 6 N–H and O–H groups in total. The van der Waals surface area contributed by atoms with Crippen molar-refractivity contribution in [1.29, 1.82) is 5.41 Å². The van der Waals surface area contributed by atoms with Crippen LogP contribution in [0.5, 0.6) is 0 Å². The molecule has 0 radical (unpaired) electrons. The van der Waals surface area contributed by atoms with E-state index in [4.69, 9.17) is 11.1 Å². The summed E-state index contributed by atoms with van der Waals surface area (Å²) in [5.74, 6) is -0.0904. The molecule has 1 aromatic heterocycles. The number of nitrogens with one attached hydrogen (secondary N) is 4. The minimum atomic E-state index is -0.313. The fourth-order valence-electron chi connectivity index (χ4n) is 2.61. The molecule has 0 saturated heterocycles. The van der Waals surface area contributed by atoms with Crippen LogP contribution in [-0.2, 0) is 13.6 Å². The number of anilines is 2. The van der Waals surface area contributed by atoms with Crippen molar-refractivity contribution in [2.45, 2.75) is 6.54 Å². The van der Waals surface area contributed by atoms with E-state index in [0.29, 0.717) is 12.2 Å². The molecular weight excluding hydrogens is 316 g/mol. The van der Waals surface area contributed by atoms with Gasteiger partial charge in [-0.15, -0.1) is 0 Å². The van der Waals surface area contributed by atoms with E-state index in [0.717, 1.165) is 22.2 Å². The van der Waals surface area contributed by atoms with E-state index in [1.807, 2.05) is 60.3 Å². The number of amides is 2. The van der Waals surface area contributed by atoms with E-state index in [1.165, 1.54) is 0 Å². The monoisotopic (exact) mass is 336 g/mol. The number of benzene rings is 2. The van der Waals surface area contributed by atoms with Gasteiger partial charge >= 0.3 is 6.03 Å². The Balaban J connectivity index is 1.65. The van der Waals surface area contributed by atoms with Crippen molar-refractivity contribution in [2.75, 3.05) is 10.6 Å². The topological polar surface area (TPSA) is 108 Å². The minimum absolute atomic E-state index is 0.0904. The van der Waals surface area contributed by atoms with Crippen molar-refractivity contribution in [3.8, 4) is 0 Å². The molecule has 0 aliphatic rings. The summed E-state index contributed by atoms with van der Waals surface area (Å²) < 4.78 is 2.03. The molecule has 0 fully saturated rings. The molecule has 0 saturated carbocycles. The quantitative estimate of drug-likeness (QED) is 0.373. The van der Waals surface area contributed by atoms with E-state index >= 15 is 0 Å². The normalized spacial score (nSPS) is 10.4. The molecule has 2 amide bonds. The number of carbonyl (C=O) groups is 1. The third-order valence-corrected chi connectivity index (χ3v) is 3.81. The molecule has 1 heterocycles. The Hall–Kier alpha value is -3.48. The fourth-order valence-corrected chi connectivity index (χ4v) is 2.61. The first-order chi connectivity index (χ1) is 12.0. The van der Waals surface area contributed by atoms with Crippen LogP contribution in [0.3, 0.4) is 0 Å². The molecule has 0 atom stereocenters. The Morgan fingerprint density at radius 3 is 2.64 bits per heavy atom. The lowest BCUT2D eigenvalue weighted by Gasteiger charge is -2.10. The zero-order valence-corrected chi connectivity index (χ0v) is 13.8. The van der Waals surface area contributed by atoms with E-state index in [9.17, 15) is 4.79 Å². The van der Waals surface area contributed by atoms with Crippen LogP contribution in [0.1, 0.15) is 5.56 Å². The van der Waals surface area contributed by atoms with Gasteiger partial charge in [0.15, 0.2) is 5.96 Å². The van der Waals surface area contributed by atoms with Gasteiger partial charge in [0.25, 0.3) is 0 Å². The highest BCUT2D eigenvalue weighted by atomic mass is 16.2. The summed E-state index contributed by atoms with van der Waals surface area (Å²) in [6.07, 6.45) is 1.98. The summed E-state index contributed by atoms with van der Waals surface area (Å²) in [6, 6.07) is 14.8. The van der Waals surface area contributed by atoms with E-state index in [2.05, 4.69) is 16.0 Å². The molecule has 0 aliphatic heterocycles. The molecule has 25 heavy (non-hydrogen) atoms. The first kappa shape index (κ1) is 16.4. The fraction of sp³-hybridized carbons (Fsp3) is 0.111. The van der Waals surface area contributed by atoms with Crippen LogP contribution in [0.2, 0.25) is 0 Å². The van der Waals surface area contributed by atoms with Crippen molar-refractivity contribution in [3.05, 3.63) is 60.3 Å². The van der Waals surface area contributed by atoms with Crippen LogP contribution in [0.4, 0.5) is 16.2 Å². The van der Waals surface area contributed by atoms with Gasteiger partial charge in [-0.2, -0.15) is 0 Å². The SMILES string of the molecule is Cn1ccc2cc(NC(=O)Nc3cccc(CNC(=N)N)c3)ccc21. The number of fused-ring (bicyclic) bond motifs is 1. The van der Waals surface area contributed by atoms with Crippen LogP contribution in [-0.4, -0.2) is 16.6 Å². The van der Waals surface area contributed by atoms with Gasteiger partial charge in [-0.3, -0.25) is 5.41 Å². The highest BCUT2D eigenvalue weighted by Crippen LogP contribution is 2.20. The highest BCUT2D eigenvalue weighted by molar-refractivity contribution is 6.01. The number of aryl methyl sites for hydroxylation is 1. The second-order valence-electron chi connectivity index (χ2n) is 5.75. The number of nitrogens with two attached hydrogens (primary N) is 1. The van der Waals surface area contributed by atoms with E-state index < -0.39 is 0 Å². The Kier molecular flexibility index (Phi) is 4.56. The van der Waals surface area contributed by atoms with Gasteiger partial charge in [0.1, 0.15) is 0 Å². The predicted molar refractivity (Wildman–Crippen MR) is 101 cm³/mol. The van der Waals surface area contributed by atoms with Crippen molar-refractivity contribution in [3.63, 3.8) is 0 Å². The number of rotatable bonds is 4. The number of carbonyl (C=O) groups excluding carboxylic acids is 1. The van der Waals surface area contributed by atoms with Gasteiger partial charge in [0.2, 0.25) is 0 Å². The van der Waals surface area contributed by atoms with Gasteiger partial charge in [-0.25, -0.2) is 4.79 Å². The van der Waals surface area contributed by atoms with Crippen LogP contribution in [0.25, 0.3) is 10.9 Å². The second kappa shape index (κ2) is 6.96. The summed E-state index contributed by atoms with van der Waals surface area (Å²) >= 11 is 0. The zero-order chi connectivity index (χ0) is 17.8. The van der Waals surface area contributed by atoms with E-state index in [-0.39, 0.29) is 12.0 Å². The Bertz CT molecular complexity index is 930. The maximum Gasteiger partial charge on any atom is 0.323 e. The molecular formula is C18H20N6O. The van der Waals surface area contributed by atoms with Gasteiger partial charge in [-0.05, 0) is 42.0 Å². The highest BCUT2D eigenvalue weighted by Gasteiger charge is 2.05. The molecule has 0 unspecified atom stereocenters. The second-order valence-corrected chi connectivity index (χ2v) is 5.75. The first-order valence-electron chi connectivity index (χ1n) is 7.81. The standard InChI is InChI=1S/C18H20N6O/c1-24-8-7-13-10-15(5-6-16(13)24)23-18(25)22-14-4-2-3-12(9-14)11-21-17(19)20/h2-10H,11H2,1H3,(H4,19,20,21)(H2,22,23,25). The average Bonchev–Trinajstić information content (AvgIpc) is 2.94. The summed E-state index contributed by atoms with van der Waals surface area (Å²) in [5.41, 5.74) is 8.70. The van der Waals surface area contributed by atoms with Gasteiger partial charge in [0, 0.05) is 42.1 Å². The molecule has 3 rings (SSSR count). The molecule has 0 spiro atoms. The number of urea groups is 1. The van der Waals surface area contributed by atoms with Crippen LogP contribution in [0.15, 0.2) is 54.7 Å². The molecule has 0 aliphatic carbocycles. The first-order valence-corrected chi connectivity index (χ1v) is 7.81.